The number of thioether (sulfide) groups is 1. The number of hydrogen-bond acceptors (Lipinski definition) is 4. The smallest absolute Gasteiger partial charge is 0.314 e. The Hall–Kier alpha value is -2.01. The van der Waals surface area contributed by atoms with Crippen molar-refractivity contribution in [2.75, 3.05) is 7.11 Å². The van der Waals surface area contributed by atoms with Crippen LogP contribution in [0.5, 0.6) is 0 Å². The van der Waals surface area contributed by atoms with Crippen molar-refractivity contribution in [1.29, 1.82) is 0 Å². The predicted octanol–water partition coefficient (Wildman–Crippen LogP) is 3.88. The van der Waals surface area contributed by atoms with Crippen LogP contribution in [-0.2, 0) is 16.1 Å². The Morgan fingerprint density at radius 3 is 2.67 bits per heavy atom. The molecule has 126 valence electrons. The van der Waals surface area contributed by atoms with Crippen LogP contribution >= 0.6 is 11.8 Å². The maximum Gasteiger partial charge on any atom is 0.314 e. The number of aromatic nitrogens is 1. The van der Waals surface area contributed by atoms with E-state index in [2.05, 4.69) is 13.8 Å². The van der Waals surface area contributed by atoms with E-state index in [4.69, 9.17) is 4.74 Å². The van der Waals surface area contributed by atoms with Crippen LogP contribution in [-0.4, -0.2) is 28.7 Å². The van der Waals surface area contributed by atoms with E-state index in [0.29, 0.717) is 23.9 Å². The Kier molecular flexibility index (Phi) is 4.81. The Bertz CT molecular complexity index is 779. The summed E-state index contributed by atoms with van der Waals surface area (Å²) in [5.74, 6) is -0.492. The first-order valence-electron chi connectivity index (χ1n) is 8.10. The summed E-state index contributed by atoms with van der Waals surface area (Å²) < 4.78 is 6.83. The fourth-order valence-corrected chi connectivity index (χ4v) is 4.12. The summed E-state index contributed by atoms with van der Waals surface area (Å²) in [5.41, 5.74) is 2.24. The highest BCUT2D eigenvalue weighted by Gasteiger charge is 2.32. The normalized spacial score (nSPS) is 16.2. The van der Waals surface area contributed by atoms with Crippen molar-refractivity contribution in [3.05, 3.63) is 53.3 Å². The number of ether oxygens (including phenoxy) is 1. The van der Waals surface area contributed by atoms with Gasteiger partial charge >= 0.3 is 5.97 Å². The van der Waals surface area contributed by atoms with E-state index in [1.54, 1.807) is 11.8 Å². The van der Waals surface area contributed by atoms with Crippen LogP contribution in [0.2, 0.25) is 0 Å². The van der Waals surface area contributed by atoms with Crippen LogP contribution in [0.4, 0.5) is 0 Å². The number of benzene rings is 1. The number of methoxy groups -OCH3 is 1. The highest BCUT2D eigenvalue weighted by Crippen LogP contribution is 2.34. The maximum atomic E-state index is 13.1. The van der Waals surface area contributed by atoms with Gasteiger partial charge in [0.2, 0.25) is 5.78 Å². The number of esters is 1. The number of ketones is 1. The van der Waals surface area contributed by atoms with Crippen LogP contribution < -0.4 is 0 Å². The van der Waals surface area contributed by atoms with E-state index in [0.717, 1.165) is 16.2 Å². The first-order valence-corrected chi connectivity index (χ1v) is 8.98. The molecule has 0 saturated heterocycles. The lowest BCUT2D eigenvalue weighted by atomic mass is 10.1. The van der Waals surface area contributed by atoms with Gasteiger partial charge in [-0.1, -0.05) is 26.0 Å². The standard InChI is InChI=1S/C19H21NO3S/c1-12(2)24-17-7-5-4-6-14(17)18(21)16-9-8-15-13(19(22)23-3)10-11-20(15)16/h4-9,12-13H,10-11H2,1-3H3. The van der Waals surface area contributed by atoms with Crippen molar-refractivity contribution >= 4 is 23.5 Å². The van der Waals surface area contributed by atoms with Crippen molar-refractivity contribution in [3.8, 4) is 0 Å². The van der Waals surface area contributed by atoms with Gasteiger partial charge in [-0.2, -0.15) is 0 Å². The third-order valence-electron chi connectivity index (χ3n) is 4.23. The molecule has 0 fully saturated rings. The zero-order valence-electron chi connectivity index (χ0n) is 14.1. The quantitative estimate of drug-likeness (QED) is 0.470. The van der Waals surface area contributed by atoms with E-state index in [9.17, 15) is 9.59 Å². The van der Waals surface area contributed by atoms with Gasteiger partial charge in [-0.05, 0) is 30.7 Å². The monoisotopic (exact) mass is 343 g/mol. The summed E-state index contributed by atoms with van der Waals surface area (Å²) in [4.78, 5) is 25.9. The van der Waals surface area contributed by atoms with E-state index < -0.39 is 0 Å². The molecule has 5 heteroatoms. The van der Waals surface area contributed by atoms with E-state index in [1.807, 2.05) is 41.0 Å². The van der Waals surface area contributed by atoms with Gasteiger partial charge < -0.3 is 9.30 Å². The first-order chi connectivity index (χ1) is 11.5. The number of carbonyl (C=O) groups excluding carboxylic acids is 2. The SMILES string of the molecule is COC(=O)C1CCn2c(C(=O)c3ccccc3SC(C)C)ccc21. The molecule has 1 aromatic heterocycles. The van der Waals surface area contributed by atoms with Crippen LogP contribution in [0.1, 0.15) is 47.9 Å². The van der Waals surface area contributed by atoms with E-state index in [-0.39, 0.29) is 17.7 Å². The largest absolute Gasteiger partial charge is 0.469 e. The van der Waals surface area contributed by atoms with Crippen LogP contribution in [0.15, 0.2) is 41.3 Å². The molecule has 0 aliphatic carbocycles. The molecule has 0 bridgehead atoms. The minimum atomic E-state index is -0.267. The molecule has 1 aliphatic rings. The second kappa shape index (κ2) is 6.85. The molecule has 2 aromatic rings. The average molecular weight is 343 g/mol. The minimum Gasteiger partial charge on any atom is -0.469 e. The van der Waals surface area contributed by atoms with Gasteiger partial charge in [0.25, 0.3) is 0 Å². The Morgan fingerprint density at radius 1 is 1.21 bits per heavy atom. The van der Waals surface area contributed by atoms with Crippen molar-refractivity contribution in [2.24, 2.45) is 0 Å². The number of carbonyl (C=O) groups is 2. The predicted molar refractivity (Wildman–Crippen MR) is 94.7 cm³/mol. The van der Waals surface area contributed by atoms with Gasteiger partial charge in [0.15, 0.2) is 0 Å². The molecule has 0 N–H and O–H groups in total. The number of nitrogens with zero attached hydrogens (tertiary/aromatic N) is 1. The minimum absolute atomic E-state index is 0.00974. The Balaban J connectivity index is 1.95. The third kappa shape index (κ3) is 3.00. The maximum absolute atomic E-state index is 13.1. The molecule has 2 heterocycles. The molecule has 1 atom stereocenters. The number of hydrogen-bond donors (Lipinski definition) is 0. The van der Waals surface area contributed by atoms with Crippen molar-refractivity contribution in [1.82, 2.24) is 4.57 Å². The van der Waals surface area contributed by atoms with Crippen molar-refractivity contribution in [2.45, 2.75) is 42.9 Å². The summed E-state index contributed by atoms with van der Waals surface area (Å²) in [6.07, 6.45) is 0.686. The molecule has 0 saturated carbocycles. The van der Waals surface area contributed by atoms with Gasteiger partial charge in [0.1, 0.15) is 0 Å². The summed E-state index contributed by atoms with van der Waals surface area (Å²) >= 11 is 1.69. The molecule has 1 unspecified atom stereocenters. The van der Waals surface area contributed by atoms with E-state index >= 15 is 0 Å². The number of fused-ring (bicyclic) bond motifs is 1. The van der Waals surface area contributed by atoms with Crippen LogP contribution in [0, 0.1) is 0 Å². The Morgan fingerprint density at radius 2 is 1.96 bits per heavy atom. The molecule has 3 rings (SSSR count). The summed E-state index contributed by atoms with van der Waals surface area (Å²) in [6, 6.07) is 11.4. The third-order valence-corrected chi connectivity index (χ3v) is 5.31. The fourth-order valence-electron chi connectivity index (χ4n) is 3.17. The van der Waals surface area contributed by atoms with Gasteiger partial charge in [-0.3, -0.25) is 9.59 Å². The highest BCUT2D eigenvalue weighted by molar-refractivity contribution is 8.00. The number of rotatable bonds is 5. The van der Waals surface area contributed by atoms with E-state index in [1.165, 1.54) is 7.11 Å². The fraction of sp³-hybridized carbons (Fsp3) is 0.368. The molecule has 1 aromatic carbocycles. The second-order valence-electron chi connectivity index (χ2n) is 6.15. The van der Waals surface area contributed by atoms with Crippen molar-refractivity contribution in [3.63, 3.8) is 0 Å². The van der Waals surface area contributed by atoms with Gasteiger partial charge in [0, 0.05) is 27.9 Å². The van der Waals surface area contributed by atoms with Gasteiger partial charge in [-0.25, -0.2) is 0 Å². The lowest BCUT2D eigenvalue weighted by molar-refractivity contribution is -0.142. The summed E-state index contributed by atoms with van der Waals surface area (Å²) in [6.45, 7) is 4.90. The van der Waals surface area contributed by atoms with Crippen LogP contribution in [0.3, 0.4) is 0 Å². The van der Waals surface area contributed by atoms with Gasteiger partial charge in [-0.15, -0.1) is 11.8 Å². The molecule has 1 aliphatic heterocycles. The average Bonchev–Trinajstić information content (AvgIpc) is 3.15. The summed E-state index contributed by atoms with van der Waals surface area (Å²) in [7, 11) is 1.40. The second-order valence-corrected chi connectivity index (χ2v) is 7.77. The summed E-state index contributed by atoms with van der Waals surface area (Å²) in [5, 5.41) is 0.403. The molecule has 24 heavy (non-hydrogen) atoms. The zero-order valence-corrected chi connectivity index (χ0v) is 14.9. The van der Waals surface area contributed by atoms with Crippen molar-refractivity contribution < 1.29 is 14.3 Å². The molecular formula is C19H21NO3S. The van der Waals surface area contributed by atoms with Crippen LogP contribution in [0.25, 0.3) is 0 Å². The topological polar surface area (TPSA) is 48.3 Å². The highest BCUT2D eigenvalue weighted by atomic mass is 32.2. The Labute approximate surface area is 146 Å². The molecule has 0 radical (unpaired) electrons. The lowest BCUT2D eigenvalue weighted by Gasteiger charge is -2.11. The molecule has 0 spiro atoms. The van der Waals surface area contributed by atoms with Gasteiger partial charge in [0.05, 0.1) is 18.7 Å². The lowest BCUT2D eigenvalue weighted by Crippen LogP contribution is -2.12. The molecular weight excluding hydrogens is 322 g/mol. The first kappa shape index (κ1) is 16.8. The molecule has 4 nitrogen and oxygen atoms in total. The molecule has 0 amide bonds. The zero-order chi connectivity index (χ0) is 17.3.